The number of carbonyl (C=O) groups is 1. The van der Waals surface area contributed by atoms with E-state index in [1.54, 1.807) is 0 Å². The van der Waals surface area contributed by atoms with Gasteiger partial charge in [-0.3, -0.25) is 4.79 Å². The number of fused-ring (bicyclic) bond motifs is 1. The van der Waals surface area contributed by atoms with Gasteiger partial charge < -0.3 is 14.6 Å². The van der Waals surface area contributed by atoms with Crippen LogP contribution in [0.25, 0.3) is 0 Å². The van der Waals surface area contributed by atoms with Crippen LogP contribution in [0.15, 0.2) is 4.52 Å². The zero-order valence-corrected chi connectivity index (χ0v) is 10.4. The third-order valence-electron chi connectivity index (χ3n) is 3.66. The lowest BCUT2D eigenvalue weighted by molar-refractivity contribution is 0.0620. The maximum Gasteiger partial charge on any atom is 0.274 e. The van der Waals surface area contributed by atoms with Crippen molar-refractivity contribution in [1.82, 2.24) is 10.5 Å². The van der Waals surface area contributed by atoms with E-state index in [1.165, 1.54) is 0 Å². The van der Waals surface area contributed by atoms with Gasteiger partial charge >= 0.3 is 0 Å². The maximum atomic E-state index is 12.2. The summed E-state index contributed by atoms with van der Waals surface area (Å²) in [7, 11) is 0. The molecule has 1 atom stereocenters. The van der Waals surface area contributed by atoms with Crippen LogP contribution in [0, 0.1) is 0 Å². The number of carbonyl (C=O) groups excluding carboxylic acids is 1. The number of hydrogen-bond donors (Lipinski definition) is 1. The van der Waals surface area contributed by atoms with Gasteiger partial charge in [0.2, 0.25) is 0 Å². The second-order valence-electron chi connectivity index (χ2n) is 5.03. The van der Waals surface area contributed by atoms with Gasteiger partial charge in [-0.15, -0.1) is 0 Å². The number of hydrogen-bond acceptors (Lipinski definition) is 4. The highest BCUT2D eigenvalue weighted by molar-refractivity contribution is 5.94. The van der Waals surface area contributed by atoms with Gasteiger partial charge in [0.1, 0.15) is 5.76 Å². The summed E-state index contributed by atoms with van der Waals surface area (Å²) in [5.74, 6) is 0.781. The molecule has 3 rings (SSSR count). The fourth-order valence-electron chi connectivity index (χ4n) is 2.67. The smallest absolute Gasteiger partial charge is 0.274 e. The predicted octanol–water partition coefficient (Wildman–Crippen LogP) is 1.46. The third kappa shape index (κ3) is 2.27. The molecule has 2 aliphatic rings. The molecule has 98 valence electrons. The second-order valence-corrected chi connectivity index (χ2v) is 5.03. The van der Waals surface area contributed by atoms with Gasteiger partial charge in [-0.05, 0) is 32.1 Å². The van der Waals surface area contributed by atoms with Crippen molar-refractivity contribution in [2.24, 2.45) is 0 Å². The molecule has 1 saturated heterocycles. The lowest BCUT2D eigenvalue weighted by Crippen LogP contribution is -2.41. The maximum absolute atomic E-state index is 12.2. The Kier molecular flexibility index (Phi) is 3.32. The van der Waals surface area contributed by atoms with Gasteiger partial charge in [0.25, 0.3) is 5.91 Å². The van der Waals surface area contributed by atoms with Crippen molar-refractivity contribution in [3.8, 4) is 0 Å². The first kappa shape index (κ1) is 11.7. The number of nitrogens with one attached hydrogen (secondary N) is 1. The minimum absolute atomic E-state index is 0.113. The molecule has 18 heavy (non-hydrogen) atoms. The van der Waals surface area contributed by atoms with E-state index in [2.05, 4.69) is 10.5 Å². The molecule has 5 nitrogen and oxygen atoms in total. The Hall–Kier alpha value is -1.36. The molecule has 0 radical (unpaired) electrons. The van der Waals surface area contributed by atoms with E-state index in [-0.39, 0.29) is 11.9 Å². The Balaban J connectivity index is 1.70. The summed E-state index contributed by atoms with van der Waals surface area (Å²) in [6.07, 6.45) is 6.03. The quantitative estimate of drug-likeness (QED) is 0.863. The minimum atomic E-state index is -0.114. The van der Waals surface area contributed by atoms with E-state index in [1.807, 2.05) is 0 Å². The lowest BCUT2D eigenvalue weighted by atomic mass is 9.96. The summed E-state index contributed by atoms with van der Waals surface area (Å²) in [6.45, 7) is 1.40. The van der Waals surface area contributed by atoms with Gasteiger partial charge in [-0.2, -0.15) is 0 Å². The molecule has 0 saturated carbocycles. The molecule has 2 heterocycles. The molecular weight excluding hydrogens is 232 g/mol. The van der Waals surface area contributed by atoms with Crippen LogP contribution in [-0.2, 0) is 17.6 Å². The fourth-order valence-corrected chi connectivity index (χ4v) is 2.67. The van der Waals surface area contributed by atoms with Gasteiger partial charge in [0, 0.05) is 18.6 Å². The largest absolute Gasteiger partial charge is 0.379 e. The summed E-state index contributed by atoms with van der Waals surface area (Å²) in [5.41, 5.74) is 1.49. The Labute approximate surface area is 106 Å². The Morgan fingerprint density at radius 3 is 3.00 bits per heavy atom. The van der Waals surface area contributed by atoms with Crippen molar-refractivity contribution in [3.05, 3.63) is 17.0 Å². The molecule has 0 aromatic carbocycles. The summed E-state index contributed by atoms with van der Waals surface area (Å²) < 4.78 is 10.6. The van der Waals surface area contributed by atoms with E-state index in [4.69, 9.17) is 9.26 Å². The summed E-state index contributed by atoms with van der Waals surface area (Å²) >= 11 is 0. The monoisotopic (exact) mass is 250 g/mol. The molecule has 0 bridgehead atoms. The van der Waals surface area contributed by atoms with Crippen molar-refractivity contribution in [3.63, 3.8) is 0 Å². The SMILES string of the molecule is O=C(N[C@@H]1CCCOC1)c1noc2c1CCCC2. The van der Waals surface area contributed by atoms with Crippen LogP contribution in [-0.4, -0.2) is 30.3 Å². The van der Waals surface area contributed by atoms with E-state index in [0.29, 0.717) is 12.3 Å². The normalized spacial score (nSPS) is 23.4. The van der Waals surface area contributed by atoms with Gasteiger partial charge in [-0.25, -0.2) is 0 Å². The van der Waals surface area contributed by atoms with Crippen LogP contribution in [0.1, 0.15) is 47.5 Å². The first-order chi connectivity index (χ1) is 8.84. The zero-order chi connectivity index (χ0) is 12.4. The van der Waals surface area contributed by atoms with Crippen LogP contribution in [0.3, 0.4) is 0 Å². The number of ether oxygens (including phenoxy) is 1. The van der Waals surface area contributed by atoms with Gasteiger partial charge in [-0.1, -0.05) is 5.16 Å². The topological polar surface area (TPSA) is 64.4 Å². The second kappa shape index (κ2) is 5.10. The highest BCUT2D eigenvalue weighted by atomic mass is 16.5. The van der Waals surface area contributed by atoms with E-state index in [0.717, 1.165) is 56.5 Å². The molecular formula is C13H18N2O3. The molecule has 1 aromatic rings. The van der Waals surface area contributed by atoms with Crippen LogP contribution in [0.2, 0.25) is 0 Å². The summed E-state index contributed by atoms with van der Waals surface area (Å²) in [6, 6.07) is 0.113. The highest BCUT2D eigenvalue weighted by Gasteiger charge is 2.26. The van der Waals surface area contributed by atoms with Crippen LogP contribution < -0.4 is 5.32 Å². The summed E-state index contributed by atoms with van der Waals surface area (Å²) in [5, 5.41) is 6.92. The molecule has 1 fully saturated rings. The first-order valence-corrected chi connectivity index (χ1v) is 6.70. The van der Waals surface area contributed by atoms with Gasteiger partial charge in [0.05, 0.1) is 12.6 Å². The van der Waals surface area contributed by atoms with Crippen molar-refractivity contribution in [1.29, 1.82) is 0 Å². The number of aromatic nitrogens is 1. The third-order valence-corrected chi connectivity index (χ3v) is 3.66. The van der Waals surface area contributed by atoms with Crippen molar-refractivity contribution in [2.75, 3.05) is 13.2 Å². The van der Waals surface area contributed by atoms with E-state index < -0.39 is 0 Å². The van der Waals surface area contributed by atoms with Crippen molar-refractivity contribution < 1.29 is 14.1 Å². The molecule has 1 aromatic heterocycles. The van der Waals surface area contributed by atoms with E-state index >= 15 is 0 Å². The number of rotatable bonds is 2. The first-order valence-electron chi connectivity index (χ1n) is 6.70. The van der Waals surface area contributed by atoms with Crippen LogP contribution >= 0.6 is 0 Å². The predicted molar refractivity (Wildman–Crippen MR) is 64.5 cm³/mol. The molecule has 1 aliphatic carbocycles. The van der Waals surface area contributed by atoms with Gasteiger partial charge in [0.15, 0.2) is 5.69 Å². The fraction of sp³-hybridized carbons (Fsp3) is 0.692. The van der Waals surface area contributed by atoms with Crippen LogP contribution in [0.5, 0.6) is 0 Å². The highest BCUT2D eigenvalue weighted by Crippen LogP contribution is 2.24. The number of aryl methyl sites for hydroxylation is 1. The van der Waals surface area contributed by atoms with Crippen LogP contribution in [0.4, 0.5) is 0 Å². The lowest BCUT2D eigenvalue weighted by Gasteiger charge is -2.22. The Bertz CT molecular complexity index is 435. The van der Waals surface area contributed by atoms with Crippen molar-refractivity contribution >= 4 is 5.91 Å². The standard InChI is InChI=1S/C13H18N2O3/c16-13(14-9-4-3-7-17-8-9)12-10-5-1-2-6-11(10)18-15-12/h9H,1-8H2,(H,14,16)/t9-/m1/s1. The number of nitrogens with zero attached hydrogens (tertiary/aromatic N) is 1. The molecule has 0 unspecified atom stereocenters. The summed E-state index contributed by atoms with van der Waals surface area (Å²) in [4.78, 5) is 12.2. The molecule has 1 N–H and O–H groups in total. The molecule has 1 amide bonds. The average molecular weight is 250 g/mol. The molecule has 0 spiro atoms. The Morgan fingerprint density at radius 2 is 2.17 bits per heavy atom. The van der Waals surface area contributed by atoms with E-state index in [9.17, 15) is 4.79 Å². The molecule has 5 heteroatoms. The zero-order valence-electron chi connectivity index (χ0n) is 10.4. The Morgan fingerprint density at radius 1 is 1.28 bits per heavy atom. The van der Waals surface area contributed by atoms with Crippen molar-refractivity contribution in [2.45, 2.75) is 44.6 Å². The molecule has 1 aliphatic heterocycles. The minimum Gasteiger partial charge on any atom is -0.379 e. The number of amides is 1. The average Bonchev–Trinajstić information content (AvgIpc) is 2.84.